The third-order valence-corrected chi connectivity index (χ3v) is 10.3. The van der Waals surface area contributed by atoms with Gasteiger partial charge in [0.2, 0.25) is 5.91 Å². The molecular weight excluding hydrogens is 672 g/mol. The van der Waals surface area contributed by atoms with E-state index in [1.165, 1.54) is 0 Å². The van der Waals surface area contributed by atoms with Crippen LogP contribution in [0.5, 0.6) is 6.01 Å². The maximum absolute atomic E-state index is 14.0. The van der Waals surface area contributed by atoms with E-state index in [9.17, 15) is 9.59 Å². The first-order valence-electron chi connectivity index (χ1n) is 17.9. The van der Waals surface area contributed by atoms with Gasteiger partial charge in [-0.1, -0.05) is 30.7 Å². The summed E-state index contributed by atoms with van der Waals surface area (Å²) in [6.07, 6.45) is 2.14. The minimum Gasteiger partial charge on any atom is -0.459 e. The number of esters is 1. The molecule has 9 rings (SSSR count). The normalized spacial score (nSPS) is 23.5. The number of carbonyl (C=O) groups excluding carboxylic acids is 2. The fraction of sp³-hybridized carbons (Fsp3) is 0.500. The molecule has 13 heteroatoms. The molecule has 0 aliphatic carbocycles. The average molecular weight is 715 g/mol. The average Bonchev–Trinajstić information content (AvgIpc) is 3.78. The number of carbonyl (C=O) groups is 2. The second-order valence-corrected chi connectivity index (χ2v) is 15.4. The molecule has 4 atom stereocenters. The number of furan rings is 1. The van der Waals surface area contributed by atoms with Crippen molar-refractivity contribution in [2.75, 3.05) is 37.7 Å². The summed E-state index contributed by atoms with van der Waals surface area (Å²) in [6.45, 7) is 10.2. The van der Waals surface area contributed by atoms with Gasteiger partial charge in [-0.25, -0.2) is 14.8 Å². The van der Waals surface area contributed by atoms with E-state index in [4.69, 9.17) is 45.2 Å². The Morgan fingerprint density at radius 3 is 2.71 bits per heavy atom. The van der Waals surface area contributed by atoms with Crippen LogP contribution in [0.25, 0.3) is 33.1 Å². The molecule has 2 fully saturated rings. The smallest absolute Gasteiger partial charge is 0.329 e. The first-order valence-corrected chi connectivity index (χ1v) is 18.3. The van der Waals surface area contributed by atoms with Crippen LogP contribution in [-0.2, 0) is 25.5 Å². The number of imidazole rings is 1. The Morgan fingerprint density at radius 2 is 1.88 bits per heavy atom. The van der Waals surface area contributed by atoms with Crippen molar-refractivity contribution in [1.82, 2.24) is 24.4 Å². The highest BCUT2D eigenvalue weighted by Gasteiger charge is 2.44. The molecule has 4 aliphatic rings. The Hall–Kier alpha value is -4.42. The number of hydrogen-bond donors (Lipinski definition) is 0. The molecule has 4 aliphatic heterocycles. The number of halogens is 1. The fourth-order valence-electron chi connectivity index (χ4n) is 7.73. The minimum absolute atomic E-state index is 0.0305. The molecule has 3 aromatic heterocycles. The molecule has 268 valence electrons. The molecule has 0 radical (unpaired) electrons. The monoisotopic (exact) mass is 714 g/mol. The van der Waals surface area contributed by atoms with Gasteiger partial charge in [-0.2, -0.15) is 4.98 Å². The molecule has 2 aromatic carbocycles. The number of nitrogens with zero attached hydrogens (tertiary/aromatic N) is 6. The second-order valence-electron chi connectivity index (χ2n) is 15.0. The van der Waals surface area contributed by atoms with Gasteiger partial charge in [0.25, 0.3) is 6.01 Å². The van der Waals surface area contributed by atoms with E-state index in [-0.39, 0.29) is 23.8 Å². The van der Waals surface area contributed by atoms with Crippen LogP contribution in [0.4, 0.5) is 5.82 Å². The second kappa shape index (κ2) is 13.3. The van der Waals surface area contributed by atoms with Gasteiger partial charge in [0.1, 0.15) is 34.7 Å². The summed E-state index contributed by atoms with van der Waals surface area (Å²) in [6, 6.07) is 13.2. The van der Waals surface area contributed by atoms with Crippen LogP contribution in [-0.4, -0.2) is 86.9 Å². The number of aromatic nitrogens is 4. The SMILES string of the molecule is C[C@@H]1CN2CCC1n1c(nc3cc(Cl)ccc31)O[C@H]1C[C@@H](C(=O)OC(C)(C)C)N(C1)c1nc(nc3c1oc1ccccc13)CCOCCCC2=O. The van der Waals surface area contributed by atoms with Crippen LogP contribution in [0.1, 0.15) is 65.2 Å². The van der Waals surface area contributed by atoms with Crippen LogP contribution in [0.15, 0.2) is 46.9 Å². The van der Waals surface area contributed by atoms with Crippen molar-refractivity contribution >= 4 is 62.4 Å². The summed E-state index contributed by atoms with van der Waals surface area (Å²) in [5, 5.41) is 1.44. The fourth-order valence-corrected chi connectivity index (χ4v) is 7.90. The van der Waals surface area contributed by atoms with E-state index >= 15 is 0 Å². The van der Waals surface area contributed by atoms with Crippen molar-refractivity contribution in [3.8, 4) is 6.01 Å². The number of fused-ring (bicyclic) bond motifs is 12. The number of hydrogen-bond acceptors (Lipinski definition) is 10. The van der Waals surface area contributed by atoms with Crippen molar-refractivity contribution in [2.24, 2.45) is 5.92 Å². The summed E-state index contributed by atoms with van der Waals surface area (Å²) in [5.41, 5.74) is 2.78. The highest BCUT2D eigenvalue weighted by Crippen LogP contribution is 2.40. The standard InChI is InChI=1S/C38H43ClN6O6/c1-22-20-43-15-13-27(22)45-28-12-11-23(39)18-26(28)40-37(45)49-24-19-29(36(47)51-38(2,3)4)44(21-24)35-34-33(25-8-5-6-9-30(25)50-34)41-31(42-35)14-17-48-16-7-10-32(43)46/h5-6,8-9,11-12,18,22,24,27,29H,7,10,13-17,19-21H2,1-4H3/t22-,24+,27?,29+/m1/s1. The van der Waals surface area contributed by atoms with Gasteiger partial charge >= 0.3 is 5.97 Å². The van der Waals surface area contributed by atoms with Crippen molar-refractivity contribution in [3.05, 3.63) is 53.3 Å². The number of piperidine rings is 1. The molecule has 0 spiro atoms. The maximum Gasteiger partial charge on any atom is 0.329 e. The van der Waals surface area contributed by atoms with Crippen molar-refractivity contribution in [1.29, 1.82) is 0 Å². The molecule has 2 saturated heterocycles. The minimum atomic E-state index is -0.709. The Bertz CT molecular complexity index is 2120. The molecule has 51 heavy (non-hydrogen) atoms. The van der Waals surface area contributed by atoms with Gasteiger partial charge in [0.15, 0.2) is 11.4 Å². The summed E-state index contributed by atoms with van der Waals surface area (Å²) in [5.74, 6) is 0.981. The molecule has 12 nitrogen and oxygen atoms in total. The van der Waals surface area contributed by atoms with Crippen LogP contribution in [0.2, 0.25) is 5.02 Å². The third-order valence-electron chi connectivity index (χ3n) is 10.0. The lowest BCUT2D eigenvalue weighted by Crippen LogP contribution is -2.43. The van der Waals surface area contributed by atoms with Crippen LogP contribution in [0.3, 0.4) is 0 Å². The molecule has 0 saturated carbocycles. The topological polar surface area (TPSA) is 125 Å². The first kappa shape index (κ1) is 33.7. The number of ether oxygens (including phenoxy) is 3. The lowest BCUT2D eigenvalue weighted by atomic mass is 9.93. The summed E-state index contributed by atoms with van der Waals surface area (Å²) in [4.78, 5) is 46.1. The van der Waals surface area contributed by atoms with Crippen molar-refractivity contribution in [2.45, 2.75) is 83.6 Å². The zero-order valence-electron chi connectivity index (χ0n) is 29.4. The van der Waals surface area contributed by atoms with E-state index < -0.39 is 17.7 Å². The van der Waals surface area contributed by atoms with Crippen LogP contribution < -0.4 is 9.64 Å². The summed E-state index contributed by atoms with van der Waals surface area (Å²) in [7, 11) is 0. The third kappa shape index (κ3) is 6.59. The predicted octanol–water partition coefficient (Wildman–Crippen LogP) is 6.51. The number of para-hydroxylation sites is 1. The zero-order chi connectivity index (χ0) is 35.4. The lowest BCUT2D eigenvalue weighted by molar-refractivity contribution is -0.156. The van der Waals surface area contributed by atoms with Gasteiger partial charge in [-0.3, -0.25) is 9.36 Å². The molecular formula is C38H43ClN6O6. The van der Waals surface area contributed by atoms with E-state index in [2.05, 4.69) is 11.5 Å². The molecule has 5 aromatic rings. The maximum atomic E-state index is 14.0. The van der Waals surface area contributed by atoms with Gasteiger partial charge in [-0.15, -0.1) is 0 Å². The van der Waals surface area contributed by atoms with Crippen LogP contribution >= 0.6 is 11.6 Å². The predicted molar refractivity (Wildman–Crippen MR) is 193 cm³/mol. The quantitative estimate of drug-likeness (QED) is 0.178. The number of amides is 1. The van der Waals surface area contributed by atoms with E-state index in [1.807, 2.05) is 73.0 Å². The zero-order valence-corrected chi connectivity index (χ0v) is 30.2. The van der Waals surface area contributed by atoms with E-state index in [0.717, 1.165) is 22.8 Å². The Labute approximate surface area is 301 Å². The highest BCUT2D eigenvalue weighted by molar-refractivity contribution is 6.31. The van der Waals surface area contributed by atoms with E-state index in [0.29, 0.717) is 97.9 Å². The van der Waals surface area contributed by atoms with E-state index in [1.54, 1.807) is 0 Å². The Kier molecular flexibility index (Phi) is 8.78. The molecule has 7 heterocycles. The largest absolute Gasteiger partial charge is 0.459 e. The molecule has 6 bridgehead atoms. The number of rotatable bonds is 1. The summed E-state index contributed by atoms with van der Waals surface area (Å²) < 4.78 is 27.4. The number of benzene rings is 2. The Balaban J connectivity index is 1.25. The van der Waals surface area contributed by atoms with Gasteiger partial charge in [0.05, 0.1) is 24.2 Å². The highest BCUT2D eigenvalue weighted by atomic mass is 35.5. The Morgan fingerprint density at radius 1 is 1.04 bits per heavy atom. The first-order chi connectivity index (χ1) is 24.5. The van der Waals surface area contributed by atoms with Crippen LogP contribution in [0, 0.1) is 5.92 Å². The molecule has 1 amide bonds. The lowest BCUT2D eigenvalue weighted by Gasteiger charge is -2.38. The molecule has 0 N–H and O–H groups in total. The number of anilines is 1. The van der Waals surface area contributed by atoms with Crippen molar-refractivity contribution in [3.63, 3.8) is 0 Å². The summed E-state index contributed by atoms with van der Waals surface area (Å²) >= 11 is 6.44. The van der Waals surface area contributed by atoms with Gasteiger partial charge in [0, 0.05) is 55.4 Å². The molecule has 1 unspecified atom stereocenters. The van der Waals surface area contributed by atoms with Crippen molar-refractivity contribution < 1.29 is 28.2 Å². The van der Waals surface area contributed by atoms with Gasteiger partial charge in [-0.05, 0) is 69.9 Å². The van der Waals surface area contributed by atoms with Gasteiger partial charge < -0.3 is 28.4 Å².